The average Bonchev–Trinajstić information content (AvgIpc) is 3.68. The Morgan fingerprint density at radius 1 is 0.373 bits per heavy atom. The molecule has 7 heteroatoms. The first-order valence-electron chi connectivity index (χ1n) is 19.5. The van der Waals surface area contributed by atoms with Gasteiger partial charge >= 0.3 is 0 Å². The van der Waals surface area contributed by atoms with E-state index in [0.717, 1.165) is 61.9 Å². The molecular formula is C52H34N6S. The predicted molar refractivity (Wildman–Crippen MR) is 246 cm³/mol. The quantitative estimate of drug-likeness (QED) is 0.153. The summed E-state index contributed by atoms with van der Waals surface area (Å²) < 4.78 is 2.51. The fourth-order valence-corrected chi connectivity index (χ4v) is 9.44. The molecule has 0 radical (unpaired) electrons. The number of aromatic nitrogens is 4. The van der Waals surface area contributed by atoms with Crippen LogP contribution in [0, 0.1) is 0 Å². The van der Waals surface area contributed by atoms with E-state index in [1.165, 1.54) is 36.3 Å². The Bertz CT molecular complexity index is 3250. The molecule has 5 aromatic heterocycles. The smallest absolute Gasteiger partial charge is 0.0701 e. The van der Waals surface area contributed by atoms with Gasteiger partial charge in [-0.3, -0.25) is 19.9 Å². The summed E-state index contributed by atoms with van der Waals surface area (Å²) in [5.41, 5.74) is 10.4. The molecule has 0 aliphatic heterocycles. The number of rotatable bonds is 8. The summed E-state index contributed by atoms with van der Waals surface area (Å²) in [6.07, 6.45) is 13.1. The predicted octanol–water partition coefficient (Wildman–Crippen LogP) is 14.2. The molecule has 0 atom stereocenters. The summed E-state index contributed by atoms with van der Waals surface area (Å²) in [6.45, 7) is 0. The first kappa shape index (κ1) is 34.5. The monoisotopic (exact) mass is 774 g/mol. The van der Waals surface area contributed by atoms with Crippen molar-refractivity contribution in [2.45, 2.75) is 0 Å². The minimum Gasteiger partial charge on any atom is -0.308 e. The van der Waals surface area contributed by atoms with Crippen LogP contribution in [0.3, 0.4) is 0 Å². The van der Waals surface area contributed by atoms with E-state index in [1.807, 2.05) is 84.9 Å². The first-order valence-corrected chi connectivity index (χ1v) is 20.3. The van der Waals surface area contributed by atoms with Crippen molar-refractivity contribution in [3.8, 4) is 22.4 Å². The molecule has 0 aliphatic rings. The van der Waals surface area contributed by atoms with Crippen molar-refractivity contribution in [1.82, 2.24) is 19.9 Å². The lowest BCUT2D eigenvalue weighted by Gasteiger charge is -2.27. The Morgan fingerprint density at radius 2 is 1.03 bits per heavy atom. The van der Waals surface area contributed by atoms with Crippen molar-refractivity contribution in [1.29, 1.82) is 0 Å². The van der Waals surface area contributed by atoms with Gasteiger partial charge in [0.25, 0.3) is 0 Å². The van der Waals surface area contributed by atoms with Crippen LogP contribution in [-0.2, 0) is 0 Å². The largest absolute Gasteiger partial charge is 0.308 e. The van der Waals surface area contributed by atoms with Crippen LogP contribution in [0.5, 0.6) is 0 Å². The molecule has 278 valence electrons. The van der Waals surface area contributed by atoms with Gasteiger partial charge < -0.3 is 9.80 Å². The number of hydrogen-bond acceptors (Lipinski definition) is 7. The molecule has 0 amide bonds. The second-order valence-corrected chi connectivity index (χ2v) is 15.5. The minimum atomic E-state index is 0.944. The molecule has 0 fully saturated rings. The molecule has 0 bridgehead atoms. The maximum atomic E-state index is 4.60. The number of thiophene rings is 1. The van der Waals surface area contributed by atoms with E-state index >= 15 is 0 Å². The van der Waals surface area contributed by atoms with Crippen LogP contribution in [0.4, 0.5) is 34.1 Å². The van der Waals surface area contributed by atoms with Gasteiger partial charge in [0, 0.05) is 84.3 Å². The van der Waals surface area contributed by atoms with Gasteiger partial charge in [0.2, 0.25) is 0 Å². The van der Waals surface area contributed by atoms with Gasteiger partial charge in [-0.05, 0) is 108 Å². The highest BCUT2D eigenvalue weighted by atomic mass is 32.1. The van der Waals surface area contributed by atoms with Crippen LogP contribution in [-0.4, -0.2) is 19.9 Å². The van der Waals surface area contributed by atoms with E-state index in [9.17, 15) is 0 Å². The van der Waals surface area contributed by atoms with E-state index in [-0.39, 0.29) is 0 Å². The van der Waals surface area contributed by atoms with Gasteiger partial charge in [0.05, 0.1) is 40.8 Å². The summed E-state index contributed by atoms with van der Waals surface area (Å²) in [5.74, 6) is 0. The third kappa shape index (κ3) is 6.21. The van der Waals surface area contributed by atoms with Crippen molar-refractivity contribution in [3.63, 3.8) is 0 Å². The number of hydrogen-bond donors (Lipinski definition) is 0. The fraction of sp³-hybridized carbons (Fsp3) is 0. The van der Waals surface area contributed by atoms with Gasteiger partial charge in [0.1, 0.15) is 0 Å². The molecule has 5 heterocycles. The van der Waals surface area contributed by atoms with E-state index in [1.54, 1.807) is 6.20 Å². The Morgan fingerprint density at radius 3 is 1.69 bits per heavy atom. The highest BCUT2D eigenvalue weighted by Crippen LogP contribution is 2.48. The Labute approximate surface area is 345 Å². The zero-order valence-electron chi connectivity index (χ0n) is 31.7. The normalized spacial score (nSPS) is 11.4. The van der Waals surface area contributed by atoms with Crippen LogP contribution in [0.15, 0.2) is 207 Å². The molecule has 6 nitrogen and oxygen atoms in total. The summed E-state index contributed by atoms with van der Waals surface area (Å²) in [4.78, 5) is 22.7. The Balaban J connectivity index is 1.11. The third-order valence-electron chi connectivity index (χ3n) is 10.9. The standard InChI is InChI=1S/C52H34N6S/c1-2-14-44-43(13-1)50(58(42-12-8-27-55-34-42)40-23-19-36(20-24-40)48-15-3-4-28-56-48)31-47-46-30-45-37(29-51(46)59-52(44)47)9-5-16-49(45)57(41-11-7-26-54-33-41)39-21-17-35(18-22-39)38-10-6-25-53-32-38/h1-34H. The maximum Gasteiger partial charge on any atom is 0.0701 e. The lowest BCUT2D eigenvalue weighted by molar-refractivity contribution is 1.24. The number of nitrogens with zero attached hydrogens (tertiary/aromatic N) is 6. The van der Waals surface area contributed by atoms with E-state index in [4.69, 9.17) is 0 Å². The average molecular weight is 775 g/mol. The number of anilines is 6. The van der Waals surface area contributed by atoms with Gasteiger partial charge in [-0.15, -0.1) is 11.3 Å². The van der Waals surface area contributed by atoms with E-state index in [2.05, 4.69) is 157 Å². The van der Waals surface area contributed by atoms with Crippen molar-refractivity contribution in [2.24, 2.45) is 0 Å². The minimum absolute atomic E-state index is 0.944. The van der Waals surface area contributed by atoms with Crippen molar-refractivity contribution in [3.05, 3.63) is 207 Å². The first-order chi connectivity index (χ1) is 29.3. The summed E-state index contributed by atoms with van der Waals surface area (Å²) in [7, 11) is 0. The van der Waals surface area contributed by atoms with Gasteiger partial charge in [0.15, 0.2) is 0 Å². The lowest BCUT2D eigenvalue weighted by Crippen LogP contribution is -2.11. The Hall–Kier alpha value is -7.74. The molecule has 6 aromatic carbocycles. The zero-order valence-corrected chi connectivity index (χ0v) is 32.5. The van der Waals surface area contributed by atoms with Crippen molar-refractivity contribution >= 4 is 87.2 Å². The molecule has 59 heavy (non-hydrogen) atoms. The summed E-state index contributed by atoms with van der Waals surface area (Å²) in [5, 5.41) is 7.15. The van der Waals surface area contributed by atoms with Gasteiger partial charge in [-0.25, -0.2) is 0 Å². The summed E-state index contributed by atoms with van der Waals surface area (Å²) >= 11 is 1.86. The fourth-order valence-electron chi connectivity index (χ4n) is 8.19. The van der Waals surface area contributed by atoms with E-state index in [0.29, 0.717) is 0 Å². The van der Waals surface area contributed by atoms with Gasteiger partial charge in [-0.2, -0.15) is 0 Å². The van der Waals surface area contributed by atoms with Crippen molar-refractivity contribution in [2.75, 3.05) is 9.80 Å². The van der Waals surface area contributed by atoms with Crippen LogP contribution >= 0.6 is 11.3 Å². The number of pyridine rings is 4. The van der Waals surface area contributed by atoms with E-state index < -0.39 is 0 Å². The number of fused-ring (bicyclic) bond motifs is 6. The molecule has 0 spiro atoms. The van der Waals surface area contributed by atoms with Crippen LogP contribution in [0.2, 0.25) is 0 Å². The van der Waals surface area contributed by atoms with Crippen LogP contribution in [0.25, 0.3) is 64.1 Å². The molecule has 0 N–H and O–H groups in total. The van der Waals surface area contributed by atoms with Crippen molar-refractivity contribution < 1.29 is 0 Å². The lowest BCUT2D eigenvalue weighted by atomic mass is 9.99. The molecular weight excluding hydrogens is 741 g/mol. The SMILES string of the molecule is c1ccc(-c2ccc(N(c3cccnc3)c3cc4c5cc6c(N(c7ccc(-c8cccnc8)cc7)c7cccnc7)cccc6cc5sc4c4ccccc34)cc2)nc1. The van der Waals surface area contributed by atoms with Gasteiger partial charge in [-0.1, -0.05) is 72.8 Å². The molecule has 0 saturated carbocycles. The van der Waals surface area contributed by atoms with Crippen LogP contribution in [0.1, 0.15) is 0 Å². The molecule has 11 rings (SSSR count). The highest BCUT2D eigenvalue weighted by molar-refractivity contribution is 7.26. The second-order valence-electron chi connectivity index (χ2n) is 14.4. The second kappa shape index (κ2) is 14.6. The third-order valence-corrected chi connectivity index (χ3v) is 12.1. The highest BCUT2D eigenvalue weighted by Gasteiger charge is 2.22. The molecule has 11 aromatic rings. The molecule has 0 unspecified atom stereocenters. The Kier molecular flexibility index (Phi) is 8.56. The molecule has 0 saturated heterocycles. The topological polar surface area (TPSA) is 58.0 Å². The maximum absolute atomic E-state index is 4.60. The molecule has 0 aliphatic carbocycles. The zero-order chi connectivity index (χ0) is 39.1. The number of benzene rings is 6. The van der Waals surface area contributed by atoms with Crippen LogP contribution < -0.4 is 9.80 Å². The summed E-state index contributed by atoms with van der Waals surface area (Å²) in [6, 6.07) is 58.1.